The molecule has 10 nitrogen and oxygen atoms in total. The third kappa shape index (κ3) is 6.37. The maximum atomic E-state index is 13.2. The van der Waals surface area contributed by atoms with Crippen LogP contribution >= 0.6 is 15.9 Å². The predicted molar refractivity (Wildman–Crippen MR) is 156 cm³/mol. The molecule has 13 heteroatoms. The van der Waals surface area contributed by atoms with Crippen LogP contribution in [-0.4, -0.2) is 93.3 Å². The molecule has 1 saturated carbocycles. The van der Waals surface area contributed by atoms with Gasteiger partial charge in [0.25, 0.3) is 0 Å². The smallest absolute Gasteiger partial charge is 0.243 e. The van der Waals surface area contributed by atoms with E-state index >= 15 is 0 Å². The van der Waals surface area contributed by atoms with Gasteiger partial charge in [0.1, 0.15) is 18.5 Å². The Bertz CT molecular complexity index is 1470. The molecular weight excluding hydrogens is 636 g/mol. The zero-order valence-corrected chi connectivity index (χ0v) is 26.2. The maximum Gasteiger partial charge on any atom is 0.243 e. The average molecular weight is 674 g/mol. The summed E-state index contributed by atoms with van der Waals surface area (Å²) in [5, 5.41) is 23.4. The van der Waals surface area contributed by atoms with Crippen molar-refractivity contribution in [2.45, 2.75) is 71.3 Å². The van der Waals surface area contributed by atoms with E-state index in [-0.39, 0.29) is 29.7 Å². The minimum atomic E-state index is -3.66. The Balaban J connectivity index is 1.08. The van der Waals surface area contributed by atoms with Gasteiger partial charge in [0.05, 0.1) is 33.4 Å². The number of sulfonamides is 1. The van der Waals surface area contributed by atoms with Crippen molar-refractivity contribution in [2.75, 3.05) is 39.5 Å². The highest BCUT2D eigenvalue weighted by Gasteiger charge is 2.54. The molecule has 5 rings (SSSR count). The number of piperidine rings is 1. The molecule has 0 amide bonds. The van der Waals surface area contributed by atoms with Gasteiger partial charge in [-0.25, -0.2) is 16.8 Å². The molecule has 41 heavy (non-hydrogen) atoms. The molecule has 3 N–H and O–H groups in total. The van der Waals surface area contributed by atoms with E-state index in [4.69, 9.17) is 9.47 Å². The molecule has 2 aliphatic heterocycles. The van der Waals surface area contributed by atoms with Gasteiger partial charge in [-0.2, -0.15) is 4.31 Å². The van der Waals surface area contributed by atoms with E-state index in [1.165, 1.54) is 16.4 Å². The third-order valence-electron chi connectivity index (χ3n) is 8.48. The van der Waals surface area contributed by atoms with Crippen LogP contribution in [0.2, 0.25) is 0 Å². The Hall–Kier alpha value is -1.58. The molecule has 1 spiro atoms. The first-order chi connectivity index (χ1) is 19.4. The number of ether oxygens (including phenoxy) is 2. The van der Waals surface area contributed by atoms with Crippen LogP contribution in [0.3, 0.4) is 0 Å². The Kier molecular flexibility index (Phi) is 8.91. The fraction of sp³-hybridized carbons (Fsp3) is 0.571. The molecule has 2 saturated heterocycles. The lowest BCUT2D eigenvalue weighted by Gasteiger charge is -2.38. The summed E-state index contributed by atoms with van der Waals surface area (Å²) in [6, 6.07) is 11.2. The maximum absolute atomic E-state index is 13.2. The highest BCUT2D eigenvalue weighted by Crippen LogP contribution is 2.46. The van der Waals surface area contributed by atoms with Gasteiger partial charge < -0.3 is 25.0 Å². The van der Waals surface area contributed by atoms with Gasteiger partial charge in [-0.15, -0.1) is 0 Å². The van der Waals surface area contributed by atoms with Crippen LogP contribution in [0.4, 0.5) is 0 Å². The molecule has 2 aromatic carbocycles. The zero-order chi connectivity index (χ0) is 29.5. The van der Waals surface area contributed by atoms with Crippen LogP contribution in [0.1, 0.15) is 37.7 Å². The number of aliphatic hydroxyl groups excluding tert-OH is 2. The van der Waals surface area contributed by atoms with Crippen molar-refractivity contribution >= 4 is 35.8 Å². The summed E-state index contributed by atoms with van der Waals surface area (Å²) in [5.74, 6) is 0.335. The molecule has 226 valence electrons. The summed E-state index contributed by atoms with van der Waals surface area (Å²) < 4.78 is 65.2. The Morgan fingerprint density at radius 2 is 1.83 bits per heavy atom. The largest absolute Gasteiger partial charge is 0.491 e. The topological polar surface area (TPSA) is 142 Å². The Morgan fingerprint density at radius 1 is 1.10 bits per heavy atom. The van der Waals surface area contributed by atoms with Crippen LogP contribution in [-0.2, 0) is 24.6 Å². The van der Waals surface area contributed by atoms with Gasteiger partial charge >= 0.3 is 0 Å². The summed E-state index contributed by atoms with van der Waals surface area (Å²) >= 11 is 3.42. The number of rotatable bonds is 11. The minimum absolute atomic E-state index is 0.0172. The highest BCUT2D eigenvalue weighted by atomic mass is 79.9. The normalized spacial score (nSPS) is 23.0. The first-order valence-electron chi connectivity index (χ1n) is 13.8. The lowest BCUT2D eigenvalue weighted by molar-refractivity contribution is -0.0312. The average Bonchev–Trinajstić information content (AvgIpc) is 3.69. The first kappa shape index (κ1) is 30.9. The lowest BCUT2D eigenvalue weighted by Crippen LogP contribution is -2.47. The van der Waals surface area contributed by atoms with Crippen molar-refractivity contribution in [3.8, 4) is 5.75 Å². The Morgan fingerprint density at radius 3 is 2.49 bits per heavy atom. The van der Waals surface area contributed by atoms with Crippen LogP contribution in [0.25, 0.3) is 0 Å². The highest BCUT2D eigenvalue weighted by molar-refractivity contribution is 9.10. The number of nitrogens with zero attached hydrogens (tertiary/aromatic N) is 1. The third-order valence-corrected chi connectivity index (χ3v) is 13.8. The fourth-order valence-electron chi connectivity index (χ4n) is 5.57. The van der Waals surface area contributed by atoms with E-state index < -0.39 is 37.3 Å². The van der Waals surface area contributed by atoms with Crippen LogP contribution < -0.4 is 10.1 Å². The van der Waals surface area contributed by atoms with Crippen molar-refractivity contribution < 1.29 is 36.5 Å². The van der Waals surface area contributed by atoms with E-state index in [2.05, 4.69) is 21.2 Å². The second kappa shape index (κ2) is 11.8. The standard InChI is InChI=1S/C28H37BrN2O8S2/c1-20-13-25(5-6-26(20)29)41(36,37)31-11-9-27(10-12-31)15-21(17-39-27)30-16-22(33)18-38-23-3-2-4-24(14-23)40(34,35)28(19-32)7-8-28/h2-6,13-14,21-22,30,32-33H,7-12,15-19H2,1H3/t21-,22-/m0/s1. The number of hydrogen-bond donors (Lipinski definition) is 3. The van der Waals surface area contributed by atoms with Gasteiger partial charge in [-0.1, -0.05) is 22.0 Å². The number of sulfone groups is 1. The SMILES string of the molecule is Cc1cc(S(=O)(=O)N2CCC3(CC2)C[C@H](NC[C@H](O)COc2cccc(S(=O)(=O)C4(CO)CC4)c2)CO3)ccc1Br. The van der Waals surface area contributed by atoms with Crippen LogP contribution in [0, 0.1) is 6.92 Å². The second-order valence-corrected chi connectivity index (χ2v) is 16.5. The number of hydrogen-bond acceptors (Lipinski definition) is 9. The number of nitrogens with one attached hydrogen (secondary N) is 1. The van der Waals surface area contributed by atoms with Gasteiger partial charge in [0.15, 0.2) is 9.84 Å². The monoisotopic (exact) mass is 672 g/mol. The summed E-state index contributed by atoms with van der Waals surface area (Å²) in [5.41, 5.74) is 0.478. The van der Waals surface area contributed by atoms with E-state index in [9.17, 15) is 27.0 Å². The Labute approximate surface area is 250 Å². The molecular formula is C28H37BrN2O8S2. The van der Waals surface area contributed by atoms with Crippen molar-refractivity contribution in [1.29, 1.82) is 0 Å². The lowest BCUT2D eigenvalue weighted by atomic mass is 9.88. The summed E-state index contributed by atoms with van der Waals surface area (Å²) in [6.07, 6.45) is 1.97. The van der Waals surface area contributed by atoms with Crippen molar-refractivity contribution in [3.05, 3.63) is 52.5 Å². The van der Waals surface area contributed by atoms with E-state index in [1.54, 1.807) is 30.3 Å². The van der Waals surface area contributed by atoms with E-state index in [1.807, 2.05) is 6.92 Å². The quantitative estimate of drug-likeness (QED) is 0.328. The summed E-state index contributed by atoms with van der Waals surface area (Å²) in [4.78, 5) is 0.399. The van der Waals surface area contributed by atoms with Crippen molar-refractivity contribution in [3.63, 3.8) is 0 Å². The van der Waals surface area contributed by atoms with Gasteiger partial charge in [-0.3, -0.25) is 0 Å². The number of benzene rings is 2. The van der Waals surface area contributed by atoms with E-state index in [0.29, 0.717) is 56.0 Å². The molecule has 3 fully saturated rings. The molecule has 2 heterocycles. The van der Waals surface area contributed by atoms with Crippen LogP contribution in [0.5, 0.6) is 5.75 Å². The molecule has 0 aromatic heterocycles. The predicted octanol–water partition coefficient (Wildman–Crippen LogP) is 2.40. The molecule has 2 atom stereocenters. The first-order valence-corrected chi connectivity index (χ1v) is 17.5. The summed E-state index contributed by atoms with van der Waals surface area (Å²) in [6.45, 7) is 2.94. The molecule has 0 radical (unpaired) electrons. The molecule has 2 aromatic rings. The van der Waals surface area contributed by atoms with E-state index in [0.717, 1.165) is 16.5 Å². The van der Waals surface area contributed by atoms with Gasteiger partial charge in [0.2, 0.25) is 10.0 Å². The molecule has 1 aliphatic carbocycles. The number of halogens is 1. The second-order valence-electron chi connectivity index (χ2n) is 11.4. The van der Waals surface area contributed by atoms with Gasteiger partial charge in [-0.05, 0) is 81.0 Å². The van der Waals surface area contributed by atoms with Crippen molar-refractivity contribution in [1.82, 2.24) is 9.62 Å². The molecule has 0 bridgehead atoms. The van der Waals surface area contributed by atoms with Gasteiger partial charge in [0, 0.05) is 30.1 Å². The number of aryl methyl sites for hydroxylation is 1. The van der Waals surface area contributed by atoms with Crippen LogP contribution in [0.15, 0.2) is 56.7 Å². The summed E-state index contributed by atoms with van der Waals surface area (Å²) in [7, 11) is -7.24. The molecule has 3 aliphatic rings. The number of aliphatic hydroxyl groups is 2. The minimum Gasteiger partial charge on any atom is -0.491 e. The zero-order valence-electron chi connectivity index (χ0n) is 23.0. The molecule has 0 unspecified atom stereocenters. The van der Waals surface area contributed by atoms with Crippen molar-refractivity contribution in [2.24, 2.45) is 0 Å². The fourth-order valence-corrected chi connectivity index (χ4v) is 9.18.